The number of aromatic nitrogens is 1. The van der Waals surface area contributed by atoms with Crippen LogP contribution in [0.1, 0.15) is 12.5 Å². The molecule has 132 valence electrons. The van der Waals surface area contributed by atoms with Crippen molar-refractivity contribution in [1.29, 1.82) is 0 Å². The third kappa shape index (κ3) is 2.74. The molecule has 0 spiro atoms. The number of benzene rings is 2. The molecule has 0 radical (unpaired) electrons. The number of nitrogens with two attached hydrogens (primary N) is 1. The Morgan fingerprint density at radius 1 is 1.12 bits per heavy atom. The van der Waals surface area contributed by atoms with Crippen molar-refractivity contribution in [3.05, 3.63) is 60.2 Å². The summed E-state index contributed by atoms with van der Waals surface area (Å²) in [6.45, 7) is 2.61. The fourth-order valence-electron chi connectivity index (χ4n) is 3.34. The molecule has 0 saturated carbocycles. The van der Waals surface area contributed by atoms with Crippen molar-refractivity contribution in [1.82, 2.24) is 15.7 Å². The SMILES string of the molecule is COc1nc(-c2ccc3ccccc3c2)ccc1C1(C)CN=C(NN)N1. The van der Waals surface area contributed by atoms with Crippen LogP contribution in [0.2, 0.25) is 0 Å². The van der Waals surface area contributed by atoms with Gasteiger partial charge in [-0.2, -0.15) is 0 Å². The number of nitrogens with one attached hydrogen (secondary N) is 2. The Morgan fingerprint density at radius 3 is 2.65 bits per heavy atom. The molecule has 1 aromatic heterocycles. The molecule has 26 heavy (non-hydrogen) atoms. The maximum Gasteiger partial charge on any atom is 0.219 e. The Balaban J connectivity index is 1.73. The number of methoxy groups -OCH3 is 1. The highest BCUT2D eigenvalue weighted by molar-refractivity contribution is 5.87. The van der Waals surface area contributed by atoms with E-state index in [0.29, 0.717) is 18.4 Å². The molecule has 0 saturated heterocycles. The zero-order valence-corrected chi connectivity index (χ0v) is 14.8. The van der Waals surface area contributed by atoms with Gasteiger partial charge < -0.3 is 10.1 Å². The summed E-state index contributed by atoms with van der Waals surface area (Å²) < 4.78 is 5.59. The van der Waals surface area contributed by atoms with Crippen molar-refractivity contribution >= 4 is 16.7 Å². The van der Waals surface area contributed by atoms with Crippen molar-refractivity contribution in [3.63, 3.8) is 0 Å². The van der Waals surface area contributed by atoms with Crippen LogP contribution in [-0.2, 0) is 5.54 Å². The van der Waals surface area contributed by atoms with Gasteiger partial charge in [0.05, 0.1) is 24.9 Å². The Hall–Kier alpha value is -3.12. The summed E-state index contributed by atoms with van der Waals surface area (Å²) in [4.78, 5) is 9.10. The zero-order valence-electron chi connectivity index (χ0n) is 14.8. The first-order valence-electron chi connectivity index (χ1n) is 8.47. The Morgan fingerprint density at radius 2 is 1.92 bits per heavy atom. The van der Waals surface area contributed by atoms with E-state index in [-0.39, 0.29) is 0 Å². The van der Waals surface area contributed by atoms with Crippen LogP contribution in [0, 0.1) is 0 Å². The molecule has 1 atom stereocenters. The van der Waals surface area contributed by atoms with E-state index in [4.69, 9.17) is 15.6 Å². The highest BCUT2D eigenvalue weighted by Gasteiger charge is 2.35. The fourth-order valence-corrected chi connectivity index (χ4v) is 3.34. The molecule has 1 aliphatic heterocycles. The van der Waals surface area contributed by atoms with Gasteiger partial charge in [0.1, 0.15) is 0 Å². The van der Waals surface area contributed by atoms with E-state index in [0.717, 1.165) is 16.8 Å². The van der Waals surface area contributed by atoms with Crippen LogP contribution in [0.3, 0.4) is 0 Å². The summed E-state index contributed by atoms with van der Waals surface area (Å²) in [7, 11) is 1.64. The minimum absolute atomic E-state index is 0.415. The van der Waals surface area contributed by atoms with E-state index < -0.39 is 5.54 Å². The molecule has 0 amide bonds. The lowest BCUT2D eigenvalue weighted by atomic mass is 9.93. The van der Waals surface area contributed by atoms with Crippen LogP contribution >= 0.6 is 0 Å². The van der Waals surface area contributed by atoms with Gasteiger partial charge in [-0.25, -0.2) is 15.8 Å². The van der Waals surface area contributed by atoms with Crippen LogP contribution in [0.25, 0.3) is 22.0 Å². The highest BCUT2D eigenvalue weighted by atomic mass is 16.5. The lowest BCUT2D eigenvalue weighted by molar-refractivity contribution is 0.369. The maximum absolute atomic E-state index is 5.59. The smallest absolute Gasteiger partial charge is 0.219 e. The van der Waals surface area contributed by atoms with E-state index in [9.17, 15) is 0 Å². The first-order valence-corrected chi connectivity index (χ1v) is 8.47. The molecule has 2 heterocycles. The first-order chi connectivity index (χ1) is 12.6. The van der Waals surface area contributed by atoms with E-state index in [1.54, 1.807) is 7.11 Å². The lowest BCUT2D eigenvalue weighted by Crippen LogP contribution is -2.47. The summed E-state index contributed by atoms with van der Waals surface area (Å²) in [6.07, 6.45) is 0. The second-order valence-corrected chi connectivity index (χ2v) is 6.58. The lowest BCUT2D eigenvalue weighted by Gasteiger charge is -2.26. The van der Waals surface area contributed by atoms with Gasteiger partial charge in [0, 0.05) is 11.1 Å². The fraction of sp³-hybridized carbons (Fsp3) is 0.200. The maximum atomic E-state index is 5.59. The second kappa shape index (κ2) is 6.31. The number of hydrogen-bond donors (Lipinski definition) is 3. The zero-order chi connectivity index (χ0) is 18.1. The first kappa shape index (κ1) is 16.4. The predicted octanol–water partition coefficient (Wildman–Crippen LogP) is 2.55. The molecule has 1 aliphatic rings. The van der Waals surface area contributed by atoms with E-state index >= 15 is 0 Å². The van der Waals surface area contributed by atoms with Crippen molar-refractivity contribution < 1.29 is 4.74 Å². The van der Waals surface area contributed by atoms with Crippen molar-refractivity contribution in [2.45, 2.75) is 12.5 Å². The van der Waals surface area contributed by atoms with Crippen LogP contribution in [0.4, 0.5) is 0 Å². The molecule has 3 aromatic rings. The van der Waals surface area contributed by atoms with Gasteiger partial charge in [-0.1, -0.05) is 36.4 Å². The van der Waals surface area contributed by atoms with Gasteiger partial charge in [0.25, 0.3) is 0 Å². The summed E-state index contributed by atoms with van der Waals surface area (Å²) in [5.74, 6) is 6.60. The van der Waals surface area contributed by atoms with Gasteiger partial charge in [0.15, 0.2) is 0 Å². The second-order valence-electron chi connectivity index (χ2n) is 6.58. The Labute approximate surface area is 152 Å². The molecule has 2 aromatic carbocycles. The van der Waals surface area contributed by atoms with E-state index in [1.807, 2.05) is 24.3 Å². The van der Waals surface area contributed by atoms with Gasteiger partial charge in [-0.3, -0.25) is 5.43 Å². The minimum Gasteiger partial charge on any atom is -0.481 e. The molecule has 6 heteroatoms. The number of hydrazine groups is 1. The van der Waals surface area contributed by atoms with Crippen LogP contribution in [0.5, 0.6) is 5.88 Å². The molecule has 0 fully saturated rings. The number of ether oxygens (including phenoxy) is 1. The average molecular weight is 347 g/mol. The molecular formula is C20H21N5O. The average Bonchev–Trinajstić information content (AvgIpc) is 3.09. The minimum atomic E-state index is -0.415. The number of pyridine rings is 1. The van der Waals surface area contributed by atoms with E-state index in [1.165, 1.54) is 10.8 Å². The standard InChI is InChI=1S/C20H21N5O/c1-20(12-22-19(24-20)25-21)16-9-10-17(23-18(16)26-2)15-8-7-13-5-3-4-6-14(13)11-15/h3-11H,12,21H2,1-2H3,(H2,22,24,25). The predicted molar refractivity (Wildman–Crippen MR) is 104 cm³/mol. The largest absolute Gasteiger partial charge is 0.481 e. The summed E-state index contributed by atoms with van der Waals surface area (Å²) in [6, 6.07) is 18.7. The summed E-state index contributed by atoms with van der Waals surface area (Å²) in [5.41, 5.74) is 5.01. The number of nitrogens with zero attached hydrogens (tertiary/aromatic N) is 2. The van der Waals surface area contributed by atoms with Crippen molar-refractivity contribution in [2.75, 3.05) is 13.7 Å². The molecule has 4 rings (SSSR count). The molecule has 0 aliphatic carbocycles. The third-order valence-electron chi connectivity index (χ3n) is 4.78. The highest BCUT2D eigenvalue weighted by Crippen LogP contribution is 2.33. The topological polar surface area (TPSA) is 84.6 Å². The third-order valence-corrected chi connectivity index (χ3v) is 4.78. The van der Waals surface area contributed by atoms with Crippen molar-refractivity contribution in [3.8, 4) is 17.1 Å². The van der Waals surface area contributed by atoms with Crippen LogP contribution in [0.15, 0.2) is 59.6 Å². The number of hydrogen-bond acceptors (Lipinski definition) is 6. The molecule has 4 N–H and O–H groups in total. The van der Waals surface area contributed by atoms with Crippen LogP contribution in [-0.4, -0.2) is 24.6 Å². The Kier molecular flexibility index (Phi) is 3.97. The molecule has 0 bridgehead atoms. The number of guanidine groups is 1. The molecular weight excluding hydrogens is 326 g/mol. The number of aliphatic imine (C=N–C) groups is 1. The number of fused-ring (bicyclic) bond motifs is 1. The van der Waals surface area contributed by atoms with Gasteiger partial charge in [-0.15, -0.1) is 0 Å². The molecule has 6 nitrogen and oxygen atoms in total. The van der Waals surface area contributed by atoms with Crippen molar-refractivity contribution in [2.24, 2.45) is 10.8 Å². The molecule has 1 unspecified atom stereocenters. The van der Waals surface area contributed by atoms with Gasteiger partial charge in [-0.05, 0) is 35.9 Å². The quantitative estimate of drug-likeness (QED) is 0.501. The van der Waals surface area contributed by atoms with Gasteiger partial charge >= 0.3 is 0 Å². The normalized spacial score (nSPS) is 19.1. The number of rotatable bonds is 3. The Bertz CT molecular complexity index is 1000. The summed E-state index contributed by atoms with van der Waals surface area (Å²) in [5, 5.41) is 5.68. The monoisotopic (exact) mass is 347 g/mol. The van der Waals surface area contributed by atoms with Gasteiger partial charge in [0.2, 0.25) is 11.8 Å². The van der Waals surface area contributed by atoms with Crippen LogP contribution < -0.4 is 21.3 Å². The van der Waals surface area contributed by atoms with E-state index in [2.05, 4.69) is 53.0 Å². The summed E-state index contributed by atoms with van der Waals surface area (Å²) >= 11 is 0.